The second-order valence-electron chi connectivity index (χ2n) is 4.45. The van der Waals surface area contributed by atoms with Crippen LogP contribution in [0, 0.1) is 5.41 Å². The van der Waals surface area contributed by atoms with Gasteiger partial charge in [0.25, 0.3) is 0 Å². The summed E-state index contributed by atoms with van der Waals surface area (Å²) in [6, 6.07) is 0. The Hall–Kier alpha value is -1.52. The molecule has 1 saturated carbocycles. The average molecular weight is 223 g/mol. The van der Waals surface area contributed by atoms with Crippen molar-refractivity contribution in [3.05, 3.63) is 12.0 Å². The van der Waals surface area contributed by atoms with Crippen molar-refractivity contribution in [3.63, 3.8) is 0 Å². The molecule has 0 amide bonds. The van der Waals surface area contributed by atoms with E-state index in [0.717, 1.165) is 13.0 Å². The molecule has 2 rings (SSSR count). The van der Waals surface area contributed by atoms with E-state index < -0.39 is 5.97 Å². The summed E-state index contributed by atoms with van der Waals surface area (Å²) in [6.45, 7) is 3.03. The zero-order valence-corrected chi connectivity index (χ0v) is 9.69. The zero-order valence-electron chi connectivity index (χ0n) is 9.69. The van der Waals surface area contributed by atoms with Gasteiger partial charge in [-0.25, -0.2) is 9.78 Å². The normalized spacial score (nSPS) is 17.1. The fraction of sp³-hybridized carbons (Fsp3) is 0.636. The second-order valence-corrected chi connectivity index (χ2v) is 4.45. The highest BCUT2D eigenvalue weighted by atomic mass is 16.5. The minimum atomic E-state index is -0.474. The molecule has 2 N–H and O–H groups in total. The van der Waals surface area contributed by atoms with E-state index >= 15 is 0 Å². The third-order valence-electron chi connectivity index (χ3n) is 3.47. The van der Waals surface area contributed by atoms with Crippen LogP contribution in [0.15, 0.2) is 6.33 Å². The van der Waals surface area contributed by atoms with Crippen LogP contribution in [0.2, 0.25) is 0 Å². The molecule has 0 bridgehead atoms. The summed E-state index contributed by atoms with van der Waals surface area (Å²) in [4.78, 5) is 15.3. The largest absolute Gasteiger partial charge is 0.464 e. The number of esters is 1. The predicted octanol–water partition coefficient (Wildman–Crippen LogP) is 1.44. The van der Waals surface area contributed by atoms with E-state index in [1.165, 1.54) is 20.0 Å². The Morgan fingerprint density at radius 1 is 1.69 bits per heavy atom. The minimum absolute atomic E-state index is 0.217. The maximum atomic E-state index is 11.3. The van der Waals surface area contributed by atoms with Gasteiger partial charge in [0.15, 0.2) is 5.69 Å². The highest BCUT2D eigenvalue weighted by molar-refractivity contribution is 5.92. The Morgan fingerprint density at radius 2 is 2.38 bits per heavy atom. The van der Waals surface area contributed by atoms with Gasteiger partial charge in [0.2, 0.25) is 0 Å². The standard InChI is InChI=1S/C11H17N3O2/c1-3-11(4-5-11)6-14-7-13-8(9(14)12)10(15)16-2/h7H,3-6,12H2,1-2H3. The fourth-order valence-electron chi connectivity index (χ4n) is 1.93. The van der Waals surface area contributed by atoms with Crippen LogP contribution in [0.3, 0.4) is 0 Å². The number of nitrogens with two attached hydrogens (primary N) is 1. The lowest BCUT2D eigenvalue weighted by Gasteiger charge is -2.13. The van der Waals surface area contributed by atoms with Gasteiger partial charge in [-0.15, -0.1) is 0 Å². The predicted molar refractivity (Wildman–Crippen MR) is 59.9 cm³/mol. The number of nitrogens with zero attached hydrogens (tertiary/aromatic N) is 2. The number of nitrogen functional groups attached to an aromatic ring is 1. The Balaban J connectivity index is 2.17. The van der Waals surface area contributed by atoms with Crippen LogP contribution in [-0.2, 0) is 11.3 Å². The molecule has 0 atom stereocenters. The average Bonchev–Trinajstić information content (AvgIpc) is 2.99. The van der Waals surface area contributed by atoms with Gasteiger partial charge >= 0.3 is 5.97 Å². The van der Waals surface area contributed by atoms with Crippen LogP contribution in [0.25, 0.3) is 0 Å². The maximum absolute atomic E-state index is 11.3. The van der Waals surface area contributed by atoms with Crippen LogP contribution >= 0.6 is 0 Å². The maximum Gasteiger partial charge on any atom is 0.360 e. The lowest BCUT2D eigenvalue weighted by atomic mass is 10.0. The molecule has 0 spiro atoms. The van der Waals surface area contributed by atoms with Crippen molar-refractivity contribution < 1.29 is 9.53 Å². The SMILES string of the molecule is CCC1(Cn2cnc(C(=O)OC)c2N)CC1. The molecule has 1 aliphatic rings. The Bertz CT molecular complexity index is 407. The number of hydrogen-bond acceptors (Lipinski definition) is 4. The van der Waals surface area contributed by atoms with Gasteiger partial charge in [0, 0.05) is 6.54 Å². The van der Waals surface area contributed by atoms with Crippen LogP contribution < -0.4 is 5.73 Å². The third kappa shape index (κ3) is 1.77. The van der Waals surface area contributed by atoms with Gasteiger partial charge in [0.1, 0.15) is 5.82 Å². The van der Waals surface area contributed by atoms with E-state index in [-0.39, 0.29) is 5.69 Å². The molecule has 0 aromatic carbocycles. The monoisotopic (exact) mass is 223 g/mol. The van der Waals surface area contributed by atoms with E-state index in [0.29, 0.717) is 11.2 Å². The Kier molecular flexibility index (Phi) is 2.61. The van der Waals surface area contributed by atoms with Crippen LogP contribution in [0.1, 0.15) is 36.7 Å². The molecular formula is C11H17N3O2. The van der Waals surface area contributed by atoms with Gasteiger partial charge in [-0.1, -0.05) is 6.92 Å². The summed E-state index contributed by atoms with van der Waals surface area (Å²) in [5, 5.41) is 0. The summed E-state index contributed by atoms with van der Waals surface area (Å²) in [7, 11) is 1.33. The van der Waals surface area contributed by atoms with E-state index in [4.69, 9.17) is 5.73 Å². The summed E-state index contributed by atoms with van der Waals surface area (Å²) in [5.41, 5.74) is 6.46. The molecule has 1 heterocycles. The molecule has 0 unspecified atom stereocenters. The first-order chi connectivity index (χ1) is 7.62. The summed E-state index contributed by atoms with van der Waals surface area (Å²) in [6.07, 6.45) is 5.22. The molecule has 88 valence electrons. The number of rotatable bonds is 4. The van der Waals surface area contributed by atoms with Gasteiger partial charge in [-0.3, -0.25) is 0 Å². The van der Waals surface area contributed by atoms with Crippen molar-refractivity contribution in [1.82, 2.24) is 9.55 Å². The molecule has 16 heavy (non-hydrogen) atoms. The highest BCUT2D eigenvalue weighted by Crippen LogP contribution is 2.50. The molecule has 1 aromatic heterocycles. The topological polar surface area (TPSA) is 70.1 Å². The number of carbonyl (C=O) groups is 1. The summed E-state index contributed by atoms with van der Waals surface area (Å²) in [5.74, 6) is -0.0656. The van der Waals surface area contributed by atoms with E-state index in [1.54, 1.807) is 6.33 Å². The summed E-state index contributed by atoms with van der Waals surface area (Å²) >= 11 is 0. The number of anilines is 1. The van der Waals surface area contributed by atoms with Crippen LogP contribution in [0.4, 0.5) is 5.82 Å². The van der Waals surface area contributed by atoms with Gasteiger partial charge in [-0.05, 0) is 24.7 Å². The molecule has 0 aliphatic heterocycles. The Morgan fingerprint density at radius 3 is 2.88 bits per heavy atom. The third-order valence-corrected chi connectivity index (χ3v) is 3.47. The molecule has 1 aliphatic carbocycles. The van der Waals surface area contributed by atoms with Crippen molar-refractivity contribution in [2.45, 2.75) is 32.7 Å². The van der Waals surface area contributed by atoms with E-state index in [9.17, 15) is 4.79 Å². The molecule has 0 radical (unpaired) electrons. The van der Waals surface area contributed by atoms with E-state index in [1.807, 2.05) is 4.57 Å². The highest BCUT2D eigenvalue weighted by Gasteiger charge is 2.41. The van der Waals surface area contributed by atoms with Gasteiger partial charge < -0.3 is 15.0 Å². The minimum Gasteiger partial charge on any atom is -0.464 e. The van der Waals surface area contributed by atoms with Crippen LogP contribution in [-0.4, -0.2) is 22.6 Å². The first-order valence-corrected chi connectivity index (χ1v) is 5.51. The van der Waals surface area contributed by atoms with Crippen molar-refractivity contribution in [1.29, 1.82) is 0 Å². The molecular weight excluding hydrogens is 206 g/mol. The van der Waals surface area contributed by atoms with Crippen molar-refractivity contribution in [2.75, 3.05) is 12.8 Å². The van der Waals surface area contributed by atoms with Crippen LogP contribution in [0.5, 0.6) is 0 Å². The number of carbonyl (C=O) groups excluding carboxylic acids is 1. The summed E-state index contributed by atoms with van der Waals surface area (Å²) < 4.78 is 6.46. The van der Waals surface area contributed by atoms with E-state index in [2.05, 4.69) is 16.6 Å². The first-order valence-electron chi connectivity index (χ1n) is 5.51. The first kappa shape index (κ1) is 11.0. The number of ether oxygens (including phenoxy) is 1. The molecule has 5 nitrogen and oxygen atoms in total. The zero-order chi connectivity index (χ0) is 11.8. The van der Waals surface area contributed by atoms with Gasteiger partial charge in [-0.2, -0.15) is 0 Å². The number of imidazole rings is 1. The number of hydrogen-bond donors (Lipinski definition) is 1. The fourth-order valence-corrected chi connectivity index (χ4v) is 1.93. The molecule has 1 fully saturated rings. The second kappa shape index (κ2) is 3.81. The van der Waals surface area contributed by atoms with Crippen molar-refractivity contribution in [3.8, 4) is 0 Å². The van der Waals surface area contributed by atoms with Gasteiger partial charge in [0.05, 0.1) is 13.4 Å². The number of aromatic nitrogens is 2. The number of methoxy groups -OCH3 is 1. The molecule has 5 heteroatoms. The van der Waals surface area contributed by atoms with Crippen molar-refractivity contribution >= 4 is 11.8 Å². The molecule has 1 aromatic rings. The van der Waals surface area contributed by atoms with Crippen molar-refractivity contribution in [2.24, 2.45) is 5.41 Å². The molecule has 0 saturated heterocycles. The quantitative estimate of drug-likeness (QED) is 0.784. The smallest absolute Gasteiger partial charge is 0.360 e. The lowest BCUT2D eigenvalue weighted by molar-refractivity contribution is 0.0596. The lowest BCUT2D eigenvalue weighted by Crippen LogP contribution is -2.13. The Labute approximate surface area is 94.6 Å².